The summed E-state index contributed by atoms with van der Waals surface area (Å²) < 4.78 is 16.5. The highest BCUT2D eigenvalue weighted by Crippen LogP contribution is 2.16. The van der Waals surface area contributed by atoms with Gasteiger partial charge >= 0.3 is 18.3 Å². The molecule has 3 amide bonds. The van der Waals surface area contributed by atoms with E-state index in [1.54, 1.807) is 34.6 Å². The first-order valence-corrected chi connectivity index (χ1v) is 20.4. The van der Waals surface area contributed by atoms with Crippen molar-refractivity contribution in [2.45, 2.75) is 109 Å². The minimum Gasteiger partial charge on any atom is -0.450 e. The first-order valence-electron chi connectivity index (χ1n) is 16.7. The van der Waals surface area contributed by atoms with Gasteiger partial charge in [0.1, 0.15) is 11.2 Å². The van der Waals surface area contributed by atoms with Crippen LogP contribution in [-0.2, 0) is 27.1 Å². The van der Waals surface area contributed by atoms with E-state index in [4.69, 9.17) is 14.2 Å². The zero-order valence-electron chi connectivity index (χ0n) is 30.3. The fraction of sp³-hybridized carbons (Fsp3) is 0.583. The molecule has 0 saturated carbocycles. The van der Waals surface area contributed by atoms with Crippen molar-refractivity contribution >= 4 is 26.4 Å². The summed E-state index contributed by atoms with van der Waals surface area (Å²) in [6, 6.07) is 17.4. The molecule has 4 atom stereocenters. The monoisotopic (exact) mass is 703 g/mol. The first kappa shape index (κ1) is 41.5. The highest BCUT2D eigenvalue weighted by molar-refractivity contribution is 6.76. The Morgan fingerprint density at radius 3 is 1.57 bits per heavy atom. The number of amides is 3. The summed E-state index contributed by atoms with van der Waals surface area (Å²) in [5.41, 5.74) is -0.306. The minimum absolute atomic E-state index is 0.162. The largest absolute Gasteiger partial charge is 0.450 e. The van der Waals surface area contributed by atoms with Gasteiger partial charge in [-0.15, -0.1) is 0 Å². The molecule has 13 heteroatoms. The predicted octanol–water partition coefficient (Wildman–Crippen LogP) is 4.73. The predicted molar refractivity (Wildman–Crippen MR) is 191 cm³/mol. The van der Waals surface area contributed by atoms with Gasteiger partial charge in [0.15, 0.2) is 0 Å². The number of ether oxygens (including phenoxy) is 3. The molecule has 0 aliphatic heterocycles. The highest BCUT2D eigenvalue weighted by atomic mass is 28.3. The second-order valence-electron chi connectivity index (χ2n) is 15.2. The molecule has 0 bridgehead atoms. The van der Waals surface area contributed by atoms with Gasteiger partial charge in [0, 0.05) is 8.07 Å². The lowest BCUT2D eigenvalue weighted by Gasteiger charge is -2.33. The van der Waals surface area contributed by atoms with Crippen LogP contribution in [-0.4, -0.2) is 108 Å². The maximum absolute atomic E-state index is 13.6. The number of carbonyl (C=O) groups excluding carboxylic acids is 3. The van der Waals surface area contributed by atoms with Gasteiger partial charge in [-0.05, 0) is 64.6 Å². The van der Waals surface area contributed by atoms with Gasteiger partial charge < -0.3 is 45.1 Å². The Balaban J connectivity index is 2.38. The molecular weight excluding hydrogens is 646 g/mol. The average molecular weight is 704 g/mol. The van der Waals surface area contributed by atoms with E-state index >= 15 is 0 Å². The Kier molecular flexibility index (Phi) is 16.0. The molecule has 0 saturated heterocycles. The van der Waals surface area contributed by atoms with E-state index in [1.807, 2.05) is 60.7 Å². The Morgan fingerprint density at radius 1 is 0.755 bits per heavy atom. The van der Waals surface area contributed by atoms with Gasteiger partial charge in [0.25, 0.3) is 0 Å². The molecule has 0 unspecified atom stereocenters. The number of hydrogen-bond donors (Lipinski definition) is 5. The lowest BCUT2D eigenvalue weighted by molar-refractivity contribution is -0.00986. The van der Waals surface area contributed by atoms with Gasteiger partial charge in [-0.2, -0.15) is 0 Å². The minimum atomic E-state index is -1.56. The van der Waals surface area contributed by atoms with Crippen LogP contribution < -0.4 is 10.6 Å². The maximum Gasteiger partial charge on any atom is 0.409 e. The van der Waals surface area contributed by atoms with Crippen molar-refractivity contribution in [3.8, 4) is 0 Å². The SMILES string of the molecule is CC(C)(C)OC(=O)N[C@@H](Cc1ccccc1)[C@H](O)CN(C[C@@H](O)[C@H](Cc1ccccc1)NC(=O)OC(C)(C)CO)C(=O)OCC[Si](C)(C)C. The normalized spacial score (nSPS) is 14.5. The van der Waals surface area contributed by atoms with Crippen molar-refractivity contribution in [3.63, 3.8) is 0 Å². The van der Waals surface area contributed by atoms with Crippen molar-refractivity contribution in [2.75, 3.05) is 26.3 Å². The zero-order chi connectivity index (χ0) is 36.8. The van der Waals surface area contributed by atoms with Crippen LogP contribution in [0.25, 0.3) is 0 Å². The quantitative estimate of drug-likeness (QED) is 0.116. The Morgan fingerprint density at radius 2 is 1.18 bits per heavy atom. The fourth-order valence-corrected chi connectivity index (χ4v) is 5.41. The smallest absolute Gasteiger partial charge is 0.409 e. The molecule has 0 fully saturated rings. The van der Waals surface area contributed by atoms with E-state index in [0.717, 1.165) is 11.1 Å². The molecule has 0 aromatic heterocycles. The molecule has 2 aromatic rings. The lowest BCUT2D eigenvalue weighted by Crippen LogP contribution is -2.55. The number of aliphatic hydroxyl groups is 3. The summed E-state index contributed by atoms with van der Waals surface area (Å²) in [7, 11) is -1.56. The van der Waals surface area contributed by atoms with Crippen molar-refractivity contribution in [1.29, 1.82) is 0 Å². The molecule has 0 spiro atoms. The van der Waals surface area contributed by atoms with Crippen LogP contribution in [0.4, 0.5) is 14.4 Å². The first-order chi connectivity index (χ1) is 22.8. The molecule has 2 aromatic carbocycles. The highest BCUT2D eigenvalue weighted by Gasteiger charge is 2.33. The second-order valence-corrected chi connectivity index (χ2v) is 20.8. The molecule has 0 radical (unpaired) electrons. The number of carbonyl (C=O) groups is 3. The molecule has 49 heavy (non-hydrogen) atoms. The van der Waals surface area contributed by atoms with Gasteiger partial charge in [-0.3, -0.25) is 0 Å². The molecule has 274 valence electrons. The summed E-state index contributed by atoms with van der Waals surface area (Å²) >= 11 is 0. The Hall–Kier alpha value is -3.65. The van der Waals surface area contributed by atoms with Crippen LogP contribution in [0.3, 0.4) is 0 Å². The van der Waals surface area contributed by atoms with Gasteiger partial charge in [0.05, 0.1) is 50.6 Å². The lowest BCUT2D eigenvalue weighted by atomic mass is 9.99. The molecule has 0 aliphatic rings. The fourth-order valence-electron chi connectivity index (χ4n) is 4.69. The molecule has 0 heterocycles. The molecule has 0 aliphatic carbocycles. The van der Waals surface area contributed by atoms with Crippen molar-refractivity contribution < 1.29 is 43.9 Å². The summed E-state index contributed by atoms with van der Waals surface area (Å²) in [6.45, 7) is 13.9. The number of benzene rings is 2. The molecule has 2 rings (SSSR count). The van der Waals surface area contributed by atoms with Crippen LogP contribution >= 0.6 is 0 Å². The van der Waals surface area contributed by atoms with Crippen molar-refractivity contribution in [3.05, 3.63) is 71.8 Å². The Bertz CT molecular complexity index is 1300. The summed E-state index contributed by atoms with van der Waals surface area (Å²) in [5, 5.41) is 38.2. The van der Waals surface area contributed by atoms with E-state index in [9.17, 15) is 29.7 Å². The van der Waals surface area contributed by atoms with Crippen molar-refractivity contribution in [2.24, 2.45) is 0 Å². The second kappa shape index (κ2) is 18.9. The molecule has 12 nitrogen and oxygen atoms in total. The molecular formula is C36H57N3O9Si. The maximum atomic E-state index is 13.6. The summed E-state index contributed by atoms with van der Waals surface area (Å²) in [5.74, 6) is 0. The van der Waals surface area contributed by atoms with Gasteiger partial charge in [-0.25, -0.2) is 14.4 Å². The number of nitrogens with zero attached hydrogens (tertiary/aromatic N) is 1. The van der Waals surface area contributed by atoms with E-state index in [1.165, 1.54) is 4.90 Å². The van der Waals surface area contributed by atoms with E-state index in [0.29, 0.717) is 6.04 Å². The number of rotatable bonds is 17. The number of hydrogen-bond acceptors (Lipinski definition) is 9. The number of nitrogens with one attached hydrogen (secondary N) is 2. The zero-order valence-corrected chi connectivity index (χ0v) is 31.3. The van der Waals surface area contributed by atoms with Crippen LogP contribution in [0.5, 0.6) is 0 Å². The average Bonchev–Trinajstić information content (AvgIpc) is 2.99. The van der Waals surface area contributed by atoms with Crippen LogP contribution in [0.1, 0.15) is 45.7 Å². The van der Waals surface area contributed by atoms with Crippen LogP contribution in [0, 0.1) is 0 Å². The van der Waals surface area contributed by atoms with E-state index < -0.39 is 68.5 Å². The number of aliphatic hydroxyl groups excluding tert-OH is 3. The van der Waals surface area contributed by atoms with E-state index in [-0.39, 0.29) is 32.5 Å². The van der Waals surface area contributed by atoms with Gasteiger partial charge in [-0.1, -0.05) is 80.3 Å². The molecule has 5 N–H and O–H groups in total. The van der Waals surface area contributed by atoms with Crippen LogP contribution in [0.15, 0.2) is 60.7 Å². The van der Waals surface area contributed by atoms with Gasteiger partial charge in [0.2, 0.25) is 0 Å². The third-order valence-corrected chi connectivity index (χ3v) is 9.14. The Labute approximate surface area is 292 Å². The third-order valence-electron chi connectivity index (χ3n) is 7.43. The van der Waals surface area contributed by atoms with E-state index in [2.05, 4.69) is 30.3 Å². The number of alkyl carbamates (subject to hydrolysis) is 2. The standard InChI is InChI=1S/C36H57N3O9Si/c1-35(2,3)47-32(43)37-28(21-26-15-11-9-12-16-26)30(41)23-39(34(45)46-19-20-49(6,7)8)24-31(42)29(22-27-17-13-10-14-18-27)38-33(44)48-36(4,5)25-40/h9-18,28-31,40-42H,19-25H2,1-8H3,(H,37,43)(H,38,44)/t28-,29-,30+,31+/m0/s1. The summed E-state index contributed by atoms with van der Waals surface area (Å²) in [4.78, 5) is 40.5. The summed E-state index contributed by atoms with van der Waals surface area (Å²) in [6.07, 6.45) is -4.56. The topological polar surface area (TPSA) is 167 Å². The van der Waals surface area contributed by atoms with Crippen LogP contribution in [0.2, 0.25) is 25.7 Å². The van der Waals surface area contributed by atoms with Crippen molar-refractivity contribution in [1.82, 2.24) is 15.5 Å². The third kappa shape index (κ3) is 17.0.